The Labute approximate surface area is 152 Å². The third-order valence-corrected chi connectivity index (χ3v) is 9.53. The van der Waals surface area contributed by atoms with Crippen molar-refractivity contribution in [1.29, 1.82) is 0 Å². The first-order valence-electron chi connectivity index (χ1n) is 9.07. The molecule has 0 aromatic carbocycles. The molecule has 2 N–H and O–H groups in total. The Morgan fingerprint density at radius 2 is 1.96 bits per heavy atom. The van der Waals surface area contributed by atoms with Crippen molar-refractivity contribution in [2.24, 2.45) is 11.8 Å². The van der Waals surface area contributed by atoms with Crippen molar-refractivity contribution in [3.8, 4) is 0 Å². The molecule has 0 bridgehead atoms. The fraction of sp³-hybridized carbons (Fsp3) is 0.706. The van der Waals surface area contributed by atoms with Gasteiger partial charge in [0.1, 0.15) is 4.21 Å². The van der Waals surface area contributed by atoms with E-state index >= 15 is 0 Å². The molecule has 138 valence electrons. The Bertz CT molecular complexity index is 787. The topological polar surface area (TPSA) is 86.7 Å². The molecule has 3 heterocycles. The molecule has 0 unspecified atom stereocenters. The first-order chi connectivity index (χ1) is 12.0. The van der Waals surface area contributed by atoms with Gasteiger partial charge >= 0.3 is 5.97 Å². The molecule has 1 saturated carbocycles. The fourth-order valence-electron chi connectivity index (χ4n) is 4.61. The number of piperidine rings is 1. The van der Waals surface area contributed by atoms with Crippen molar-refractivity contribution in [3.63, 3.8) is 0 Å². The van der Waals surface area contributed by atoms with E-state index in [2.05, 4.69) is 5.32 Å². The van der Waals surface area contributed by atoms with Gasteiger partial charge in [-0.25, -0.2) is 13.2 Å². The predicted molar refractivity (Wildman–Crippen MR) is 95.5 cm³/mol. The third kappa shape index (κ3) is 3.03. The highest BCUT2D eigenvalue weighted by Crippen LogP contribution is 2.40. The lowest BCUT2D eigenvalue weighted by Crippen LogP contribution is -2.44. The number of rotatable bonds is 3. The van der Waals surface area contributed by atoms with E-state index in [1.165, 1.54) is 19.3 Å². The van der Waals surface area contributed by atoms with E-state index in [-0.39, 0.29) is 9.77 Å². The van der Waals surface area contributed by atoms with E-state index < -0.39 is 16.0 Å². The van der Waals surface area contributed by atoms with Crippen LogP contribution in [0.25, 0.3) is 0 Å². The van der Waals surface area contributed by atoms with Crippen molar-refractivity contribution < 1.29 is 18.3 Å². The molecule has 2 fully saturated rings. The lowest BCUT2D eigenvalue weighted by atomic mass is 9.76. The van der Waals surface area contributed by atoms with Crippen LogP contribution in [0.3, 0.4) is 0 Å². The number of fused-ring (bicyclic) bond motifs is 2. The molecule has 6 nitrogen and oxygen atoms in total. The molecule has 25 heavy (non-hydrogen) atoms. The molecule has 0 amide bonds. The van der Waals surface area contributed by atoms with Gasteiger partial charge in [0.2, 0.25) is 0 Å². The molecule has 8 heteroatoms. The van der Waals surface area contributed by atoms with Crippen LogP contribution >= 0.6 is 11.3 Å². The normalized spacial score (nSPS) is 27.5. The quantitative estimate of drug-likeness (QED) is 0.835. The molecule has 2 aliphatic heterocycles. The molecular weight excluding hydrogens is 360 g/mol. The second-order valence-corrected chi connectivity index (χ2v) is 10.6. The fourth-order valence-corrected chi connectivity index (χ4v) is 8.12. The van der Waals surface area contributed by atoms with Crippen molar-refractivity contribution in [2.75, 3.05) is 19.6 Å². The number of nitrogens with zero attached hydrogens (tertiary/aromatic N) is 1. The first kappa shape index (κ1) is 17.5. The lowest BCUT2D eigenvalue weighted by molar-refractivity contribution is 0.0692. The largest absolute Gasteiger partial charge is 0.478 e. The van der Waals surface area contributed by atoms with Crippen LogP contribution in [0.5, 0.6) is 0 Å². The molecule has 3 aliphatic rings. The van der Waals surface area contributed by atoms with Crippen molar-refractivity contribution in [3.05, 3.63) is 16.0 Å². The molecule has 1 aromatic rings. The van der Waals surface area contributed by atoms with Crippen LogP contribution in [0.2, 0.25) is 0 Å². The number of thiophene rings is 1. The number of nitrogens with one attached hydrogen (secondary N) is 1. The summed E-state index contributed by atoms with van der Waals surface area (Å²) in [7, 11) is -3.74. The van der Waals surface area contributed by atoms with Gasteiger partial charge in [-0.15, -0.1) is 11.3 Å². The molecule has 0 spiro atoms. The zero-order valence-electron chi connectivity index (χ0n) is 14.2. The number of aromatic carboxylic acids is 1. The Morgan fingerprint density at radius 3 is 2.72 bits per heavy atom. The summed E-state index contributed by atoms with van der Waals surface area (Å²) in [5.41, 5.74) is 0.731. The third-order valence-electron chi connectivity index (χ3n) is 5.94. The molecule has 0 radical (unpaired) electrons. The smallest absolute Gasteiger partial charge is 0.338 e. The number of carboxylic acid groups (broad SMARTS) is 1. The van der Waals surface area contributed by atoms with Crippen LogP contribution in [0.1, 0.15) is 52.9 Å². The summed E-state index contributed by atoms with van der Waals surface area (Å²) in [5.74, 6) is -0.0489. The highest BCUT2D eigenvalue weighted by molar-refractivity contribution is 7.91. The summed E-state index contributed by atoms with van der Waals surface area (Å²) in [6, 6.07) is 0. The van der Waals surface area contributed by atoms with E-state index in [0.717, 1.165) is 29.1 Å². The van der Waals surface area contributed by atoms with Crippen LogP contribution in [-0.4, -0.2) is 43.4 Å². The Kier molecular flexibility index (Phi) is 4.64. The van der Waals surface area contributed by atoms with Gasteiger partial charge in [0.05, 0.1) is 5.56 Å². The monoisotopic (exact) mass is 384 g/mol. The minimum absolute atomic E-state index is 0.0206. The molecule has 4 rings (SSSR count). The van der Waals surface area contributed by atoms with Crippen molar-refractivity contribution >= 4 is 27.3 Å². The number of carbonyl (C=O) groups is 1. The summed E-state index contributed by atoms with van der Waals surface area (Å²) in [6.07, 6.45) is 6.20. The zero-order valence-corrected chi connectivity index (χ0v) is 15.8. The Balaban J connectivity index is 1.68. The van der Waals surface area contributed by atoms with Gasteiger partial charge in [-0.2, -0.15) is 4.31 Å². The number of hydrogen-bond acceptors (Lipinski definition) is 5. The second kappa shape index (κ2) is 6.64. The van der Waals surface area contributed by atoms with Crippen LogP contribution in [0.4, 0.5) is 0 Å². The van der Waals surface area contributed by atoms with E-state index in [1.807, 2.05) is 0 Å². The average Bonchev–Trinajstić information content (AvgIpc) is 3.02. The summed E-state index contributed by atoms with van der Waals surface area (Å²) in [4.78, 5) is 12.7. The summed E-state index contributed by atoms with van der Waals surface area (Å²) in [5, 5.41) is 12.9. The number of carboxylic acids is 1. The summed E-state index contributed by atoms with van der Waals surface area (Å²) >= 11 is 1.15. The minimum atomic E-state index is -3.74. The maximum atomic E-state index is 13.3. The van der Waals surface area contributed by atoms with Crippen molar-refractivity contribution in [1.82, 2.24) is 9.62 Å². The molecular formula is C17H24N2O4S2. The molecule has 2 atom stereocenters. The second-order valence-electron chi connectivity index (χ2n) is 7.35. The first-order valence-corrected chi connectivity index (χ1v) is 11.3. The SMILES string of the molecule is O=C(O)c1c(S(=O)(=O)N2CC[C@@H]3CCCC[C@@H]3C2)sc2c1CCNC2. The molecule has 1 aliphatic carbocycles. The van der Waals surface area contributed by atoms with Crippen LogP contribution < -0.4 is 5.32 Å². The van der Waals surface area contributed by atoms with Gasteiger partial charge in [0, 0.05) is 24.5 Å². The van der Waals surface area contributed by atoms with Crippen LogP contribution in [-0.2, 0) is 23.0 Å². The Hall–Kier alpha value is -0.960. The summed E-state index contributed by atoms with van der Waals surface area (Å²) in [6.45, 7) is 2.31. The Morgan fingerprint density at radius 1 is 1.20 bits per heavy atom. The van der Waals surface area contributed by atoms with E-state index in [4.69, 9.17) is 0 Å². The van der Waals surface area contributed by atoms with Gasteiger partial charge in [-0.1, -0.05) is 19.3 Å². The lowest BCUT2D eigenvalue weighted by Gasteiger charge is -2.40. The standard InChI is InChI=1S/C17H24N2O4S2/c20-16(21)15-13-5-7-18-9-14(13)24-17(15)25(22,23)19-8-6-11-3-1-2-4-12(11)10-19/h11-12,18H,1-10H2,(H,20,21)/t11-,12+/m0/s1. The number of sulfonamides is 1. The maximum absolute atomic E-state index is 13.3. The average molecular weight is 385 g/mol. The number of hydrogen-bond donors (Lipinski definition) is 2. The maximum Gasteiger partial charge on any atom is 0.338 e. The van der Waals surface area contributed by atoms with Gasteiger partial charge in [0.15, 0.2) is 0 Å². The van der Waals surface area contributed by atoms with Gasteiger partial charge in [-0.3, -0.25) is 0 Å². The molecule has 1 aromatic heterocycles. The van der Waals surface area contributed by atoms with E-state index in [9.17, 15) is 18.3 Å². The van der Waals surface area contributed by atoms with E-state index in [1.54, 1.807) is 4.31 Å². The highest BCUT2D eigenvalue weighted by Gasteiger charge is 2.40. The molecule has 1 saturated heterocycles. The zero-order chi connectivity index (χ0) is 17.6. The highest BCUT2D eigenvalue weighted by atomic mass is 32.2. The van der Waals surface area contributed by atoms with E-state index in [0.29, 0.717) is 50.0 Å². The van der Waals surface area contributed by atoms with Crippen LogP contribution in [0.15, 0.2) is 4.21 Å². The van der Waals surface area contributed by atoms with Crippen LogP contribution in [0, 0.1) is 11.8 Å². The van der Waals surface area contributed by atoms with Gasteiger partial charge in [-0.05, 0) is 43.2 Å². The predicted octanol–water partition coefficient (Wildman–Crippen LogP) is 2.29. The van der Waals surface area contributed by atoms with Gasteiger partial charge in [0.25, 0.3) is 10.0 Å². The van der Waals surface area contributed by atoms with Crippen molar-refractivity contribution in [2.45, 2.75) is 49.3 Å². The van der Waals surface area contributed by atoms with Gasteiger partial charge < -0.3 is 10.4 Å². The summed E-state index contributed by atoms with van der Waals surface area (Å²) < 4.78 is 28.1. The minimum Gasteiger partial charge on any atom is -0.478 e.